The second-order valence-corrected chi connectivity index (χ2v) is 4.23. The van der Waals surface area contributed by atoms with E-state index in [2.05, 4.69) is 24.3 Å². The number of rotatable bonds is 8. The maximum atomic E-state index is 11.3. The summed E-state index contributed by atoms with van der Waals surface area (Å²) in [5, 5.41) is 0. The quantitative estimate of drug-likeness (QED) is 0.239. The molecule has 0 unspecified atom stereocenters. The van der Waals surface area contributed by atoms with E-state index in [0.717, 1.165) is 24.8 Å². The summed E-state index contributed by atoms with van der Waals surface area (Å²) < 4.78 is 4.53. The molecule has 17 heavy (non-hydrogen) atoms. The van der Waals surface area contributed by atoms with Crippen LogP contribution in [0.25, 0.3) is 0 Å². The van der Waals surface area contributed by atoms with Crippen molar-refractivity contribution in [1.29, 1.82) is 0 Å². The van der Waals surface area contributed by atoms with Gasteiger partial charge < -0.3 is 4.74 Å². The van der Waals surface area contributed by atoms with E-state index in [1.807, 2.05) is 6.92 Å². The van der Waals surface area contributed by atoms with Crippen molar-refractivity contribution < 1.29 is 14.3 Å². The van der Waals surface area contributed by atoms with Crippen molar-refractivity contribution >= 4 is 24.6 Å². The third kappa shape index (κ3) is 8.98. The monoisotopic (exact) mass is 258 g/mol. The Morgan fingerprint density at radius 2 is 1.88 bits per heavy atom. The van der Waals surface area contributed by atoms with Crippen molar-refractivity contribution in [3.63, 3.8) is 0 Å². The maximum Gasteiger partial charge on any atom is 0.338 e. The summed E-state index contributed by atoms with van der Waals surface area (Å²) in [6.07, 6.45) is 7.84. The Bertz CT molecular complexity index is 272. The van der Waals surface area contributed by atoms with Crippen molar-refractivity contribution in [1.82, 2.24) is 0 Å². The minimum Gasteiger partial charge on any atom is -0.389 e. The fourth-order valence-electron chi connectivity index (χ4n) is 1.47. The first-order valence-electron chi connectivity index (χ1n) is 6.18. The van der Waals surface area contributed by atoms with Gasteiger partial charge in [-0.1, -0.05) is 38.7 Å². The topological polar surface area (TPSA) is 43.4 Å². The number of ether oxygens (including phenoxy) is 1. The molecule has 0 spiro atoms. The molecule has 0 amide bonds. The molecular formula is C13H22O3S. The van der Waals surface area contributed by atoms with Crippen LogP contribution in [0, 0.1) is 0 Å². The van der Waals surface area contributed by atoms with Crippen LogP contribution < -0.4 is 0 Å². The molecule has 0 heterocycles. The number of carbonyl (C=O) groups excluding carboxylic acids is 2. The lowest BCUT2D eigenvalue weighted by molar-refractivity contribution is -0.154. The molecule has 0 rings (SSSR count). The van der Waals surface area contributed by atoms with E-state index in [9.17, 15) is 9.59 Å². The van der Waals surface area contributed by atoms with Crippen LogP contribution in [0.4, 0.5) is 0 Å². The summed E-state index contributed by atoms with van der Waals surface area (Å²) >= 11 is 3.74. The SMILES string of the molecule is CCCCCCC(=CC(=O)OC(=O)CS)CC. The number of hydrogen-bond acceptors (Lipinski definition) is 4. The summed E-state index contributed by atoms with van der Waals surface area (Å²) in [6.45, 7) is 4.16. The minimum absolute atomic E-state index is 0.0719. The molecule has 0 N–H and O–H groups in total. The van der Waals surface area contributed by atoms with Gasteiger partial charge in [-0.2, -0.15) is 12.6 Å². The summed E-state index contributed by atoms with van der Waals surface area (Å²) in [4.78, 5) is 22.2. The summed E-state index contributed by atoms with van der Waals surface area (Å²) in [5.74, 6) is -1.25. The van der Waals surface area contributed by atoms with Crippen molar-refractivity contribution in [2.75, 3.05) is 5.75 Å². The highest BCUT2D eigenvalue weighted by molar-refractivity contribution is 7.81. The van der Waals surface area contributed by atoms with Gasteiger partial charge in [-0.3, -0.25) is 4.79 Å². The largest absolute Gasteiger partial charge is 0.389 e. The third-order valence-corrected chi connectivity index (χ3v) is 2.73. The standard InChI is InChI=1S/C13H22O3S/c1-3-5-6-7-8-11(4-2)9-12(14)16-13(15)10-17/h9,17H,3-8,10H2,1-2H3. The van der Waals surface area contributed by atoms with E-state index in [1.54, 1.807) is 0 Å². The Morgan fingerprint density at radius 1 is 1.18 bits per heavy atom. The maximum absolute atomic E-state index is 11.3. The Morgan fingerprint density at radius 3 is 2.41 bits per heavy atom. The highest BCUT2D eigenvalue weighted by Crippen LogP contribution is 2.13. The Hall–Kier alpha value is -0.770. The van der Waals surface area contributed by atoms with Gasteiger partial charge in [-0.05, 0) is 19.3 Å². The van der Waals surface area contributed by atoms with Crippen molar-refractivity contribution in [2.45, 2.75) is 52.4 Å². The predicted molar refractivity (Wildman–Crippen MR) is 72.1 cm³/mol. The number of hydrogen-bond donors (Lipinski definition) is 1. The van der Waals surface area contributed by atoms with Crippen molar-refractivity contribution in [3.05, 3.63) is 11.6 Å². The van der Waals surface area contributed by atoms with Crippen molar-refractivity contribution in [3.8, 4) is 0 Å². The number of allylic oxidation sites excluding steroid dienone is 1. The van der Waals surface area contributed by atoms with Crippen LogP contribution in [0.5, 0.6) is 0 Å². The van der Waals surface area contributed by atoms with E-state index < -0.39 is 11.9 Å². The fraction of sp³-hybridized carbons (Fsp3) is 0.692. The van der Waals surface area contributed by atoms with Crippen LogP contribution in [0.15, 0.2) is 11.6 Å². The molecule has 0 atom stereocenters. The minimum atomic E-state index is -0.601. The van der Waals surface area contributed by atoms with Crippen LogP contribution in [0.1, 0.15) is 52.4 Å². The third-order valence-electron chi connectivity index (χ3n) is 2.47. The van der Waals surface area contributed by atoms with E-state index in [1.165, 1.54) is 25.3 Å². The molecule has 0 radical (unpaired) electrons. The second-order valence-electron chi connectivity index (χ2n) is 3.92. The Kier molecular flexibility index (Phi) is 9.92. The number of unbranched alkanes of at least 4 members (excludes halogenated alkanes) is 3. The van der Waals surface area contributed by atoms with Crippen LogP contribution in [-0.2, 0) is 14.3 Å². The van der Waals surface area contributed by atoms with Gasteiger partial charge in [0.1, 0.15) is 0 Å². The fourth-order valence-corrected chi connectivity index (χ4v) is 1.53. The molecule has 0 fully saturated rings. The Labute approximate surface area is 109 Å². The first kappa shape index (κ1) is 16.2. The van der Waals surface area contributed by atoms with E-state index in [0.29, 0.717) is 0 Å². The molecule has 0 saturated carbocycles. The average molecular weight is 258 g/mol. The molecule has 0 aromatic heterocycles. The van der Waals surface area contributed by atoms with Crippen LogP contribution in [0.3, 0.4) is 0 Å². The molecule has 3 nitrogen and oxygen atoms in total. The van der Waals surface area contributed by atoms with Gasteiger partial charge in [0.15, 0.2) is 0 Å². The number of carbonyl (C=O) groups is 2. The van der Waals surface area contributed by atoms with Crippen molar-refractivity contribution in [2.24, 2.45) is 0 Å². The second kappa shape index (κ2) is 10.4. The smallest absolute Gasteiger partial charge is 0.338 e. The highest BCUT2D eigenvalue weighted by atomic mass is 32.1. The summed E-state index contributed by atoms with van der Waals surface area (Å²) in [7, 11) is 0. The molecule has 0 bridgehead atoms. The molecule has 0 aliphatic rings. The van der Waals surface area contributed by atoms with Gasteiger partial charge in [-0.15, -0.1) is 0 Å². The summed E-state index contributed by atoms with van der Waals surface area (Å²) in [5.41, 5.74) is 1.04. The van der Waals surface area contributed by atoms with Gasteiger partial charge in [-0.25, -0.2) is 4.79 Å². The van der Waals surface area contributed by atoms with Gasteiger partial charge in [0.2, 0.25) is 0 Å². The Balaban J connectivity index is 4.05. The zero-order valence-corrected chi connectivity index (χ0v) is 11.6. The molecular weight excluding hydrogens is 236 g/mol. The first-order valence-corrected chi connectivity index (χ1v) is 6.82. The zero-order valence-electron chi connectivity index (χ0n) is 10.7. The van der Waals surface area contributed by atoms with E-state index >= 15 is 0 Å². The van der Waals surface area contributed by atoms with E-state index in [-0.39, 0.29) is 5.75 Å². The molecule has 0 aliphatic heterocycles. The molecule has 0 saturated heterocycles. The van der Waals surface area contributed by atoms with Gasteiger partial charge in [0.25, 0.3) is 0 Å². The van der Waals surface area contributed by atoms with Crippen LogP contribution >= 0.6 is 12.6 Å². The molecule has 98 valence electrons. The molecule has 0 aliphatic carbocycles. The van der Waals surface area contributed by atoms with Gasteiger partial charge in [0, 0.05) is 6.08 Å². The predicted octanol–water partition coefficient (Wildman–Crippen LogP) is 3.29. The van der Waals surface area contributed by atoms with E-state index in [4.69, 9.17) is 0 Å². The van der Waals surface area contributed by atoms with Gasteiger partial charge >= 0.3 is 11.9 Å². The van der Waals surface area contributed by atoms with Gasteiger partial charge in [0.05, 0.1) is 5.75 Å². The molecule has 0 aromatic carbocycles. The lowest BCUT2D eigenvalue weighted by Gasteiger charge is -2.04. The first-order chi connectivity index (χ1) is 8.13. The normalized spacial score (nSPS) is 11.4. The highest BCUT2D eigenvalue weighted by Gasteiger charge is 2.07. The van der Waals surface area contributed by atoms with Crippen LogP contribution in [-0.4, -0.2) is 17.7 Å². The lowest BCUT2D eigenvalue weighted by atomic mass is 10.0. The summed E-state index contributed by atoms with van der Waals surface area (Å²) in [6, 6.07) is 0. The lowest BCUT2D eigenvalue weighted by Crippen LogP contribution is -2.11. The van der Waals surface area contributed by atoms with Crippen LogP contribution in [0.2, 0.25) is 0 Å². The average Bonchev–Trinajstić information content (AvgIpc) is 2.32. The molecule has 0 aromatic rings. The number of thiol groups is 1. The molecule has 4 heteroatoms. The number of esters is 2. The zero-order chi connectivity index (χ0) is 13.1.